The molecule has 0 bridgehead atoms. The lowest BCUT2D eigenvalue weighted by Crippen LogP contribution is -2.13. The van der Waals surface area contributed by atoms with E-state index in [1.54, 1.807) is 43.6 Å². The number of nitrogens with one attached hydrogen (secondary N) is 1. The number of nitrogens with zero attached hydrogens (tertiary/aromatic N) is 1. The number of methoxy groups -OCH3 is 2. The number of hydrogen-bond acceptors (Lipinski definition) is 5. The van der Waals surface area contributed by atoms with Gasteiger partial charge in [0.15, 0.2) is 11.5 Å². The fourth-order valence-corrected chi connectivity index (χ4v) is 1.84. The third-order valence-electron chi connectivity index (χ3n) is 2.95. The minimum Gasteiger partial charge on any atom is -0.493 e. The molecule has 1 amide bonds. The monoisotopic (exact) mass is 287 g/mol. The Labute approximate surface area is 122 Å². The summed E-state index contributed by atoms with van der Waals surface area (Å²) in [6.45, 7) is 0.391. The maximum Gasteiger partial charge on any atom is 0.256 e. The van der Waals surface area contributed by atoms with Crippen LogP contribution in [-0.4, -0.2) is 25.1 Å². The molecule has 0 saturated carbocycles. The van der Waals surface area contributed by atoms with E-state index in [0.717, 1.165) is 5.56 Å². The third-order valence-corrected chi connectivity index (χ3v) is 2.95. The standard InChI is InChI=1S/C15H17N3O3/c1-20-12-4-3-11(8-13(12)21-2)15(19)18-14-7-10(9-16)5-6-17-14/h3-8H,9,16H2,1-2H3,(H,17,18,19). The van der Waals surface area contributed by atoms with Crippen molar-refractivity contribution >= 4 is 11.7 Å². The predicted molar refractivity (Wildman–Crippen MR) is 79.6 cm³/mol. The van der Waals surface area contributed by atoms with Gasteiger partial charge >= 0.3 is 0 Å². The molecule has 6 nitrogen and oxygen atoms in total. The topological polar surface area (TPSA) is 86.5 Å². The van der Waals surface area contributed by atoms with Crippen molar-refractivity contribution < 1.29 is 14.3 Å². The van der Waals surface area contributed by atoms with Crippen molar-refractivity contribution in [2.75, 3.05) is 19.5 Å². The van der Waals surface area contributed by atoms with Crippen LogP contribution < -0.4 is 20.5 Å². The summed E-state index contributed by atoms with van der Waals surface area (Å²) >= 11 is 0. The van der Waals surface area contributed by atoms with E-state index in [4.69, 9.17) is 15.2 Å². The Balaban J connectivity index is 2.19. The number of rotatable bonds is 5. The van der Waals surface area contributed by atoms with Crippen LogP contribution in [0.1, 0.15) is 15.9 Å². The van der Waals surface area contributed by atoms with Crippen LogP contribution >= 0.6 is 0 Å². The highest BCUT2D eigenvalue weighted by Gasteiger charge is 2.11. The summed E-state index contributed by atoms with van der Waals surface area (Å²) in [5.41, 5.74) is 6.91. The second-order valence-electron chi connectivity index (χ2n) is 4.28. The minimum atomic E-state index is -0.280. The Morgan fingerprint density at radius 1 is 1.19 bits per heavy atom. The lowest BCUT2D eigenvalue weighted by Gasteiger charge is -2.10. The van der Waals surface area contributed by atoms with Crippen molar-refractivity contribution in [1.29, 1.82) is 0 Å². The summed E-state index contributed by atoms with van der Waals surface area (Å²) in [7, 11) is 3.06. The van der Waals surface area contributed by atoms with Crippen LogP contribution in [0.5, 0.6) is 11.5 Å². The average molecular weight is 287 g/mol. The molecule has 0 aliphatic carbocycles. The molecule has 0 saturated heterocycles. The number of benzene rings is 1. The molecular weight excluding hydrogens is 270 g/mol. The SMILES string of the molecule is COc1ccc(C(=O)Nc2cc(CN)ccn2)cc1OC. The molecule has 2 rings (SSSR count). The number of aromatic nitrogens is 1. The van der Waals surface area contributed by atoms with Gasteiger partial charge in [0.1, 0.15) is 5.82 Å². The Morgan fingerprint density at radius 3 is 2.62 bits per heavy atom. The van der Waals surface area contributed by atoms with Gasteiger partial charge in [-0.25, -0.2) is 4.98 Å². The van der Waals surface area contributed by atoms with Gasteiger partial charge < -0.3 is 20.5 Å². The first-order valence-electron chi connectivity index (χ1n) is 6.36. The number of amides is 1. The van der Waals surface area contributed by atoms with Crippen LogP contribution in [0, 0.1) is 0 Å². The maximum absolute atomic E-state index is 12.2. The normalized spacial score (nSPS) is 10.0. The van der Waals surface area contributed by atoms with Crippen molar-refractivity contribution in [2.45, 2.75) is 6.54 Å². The zero-order valence-electron chi connectivity index (χ0n) is 11.9. The van der Waals surface area contributed by atoms with Crippen molar-refractivity contribution in [3.05, 3.63) is 47.7 Å². The summed E-state index contributed by atoms with van der Waals surface area (Å²) in [5.74, 6) is 1.24. The Kier molecular flexibility index (Phi) is 4.73. The van der Waals surface area contributed by atoms with Gasteiger partial charge in [-0.2, -0.15) is 0 Å². The molecule has 0 aliphatic rings. The molecule has 2 aromatic rings. The van der Waals surface area contributed by atoms with Gasteiger partial charge in [-0.15, -0.1) is 0 Å². The number of pyridine rings is 1. The maximum atomic E-state index is 12.2. The van der Waals surface area contributed by atoms with Gasteiger partial charge in [0, 0.05) is 18.3 Å². The molecule has 0 aliphatic heterocycles. The number of ether oxygens (including phenoxy) is 2. The van der Waals surface area contributed by atoms with E-state index < -0.39 is 0 Å². The number of carbonyl (C=O) groups is 1. The van der Waals surface area contributed by atoms with Crippen LogP contribution in [0.2, 0.25) is 0 Å². The van der Waals surface area contributed by atoms with Crippen molar-refractivity contribution in [1.82, 2.24) is 4.98 Å². The third kappa shape index (κ3) is 3.49. The van der Waals surface area contributed by atoms with Crippen LogP contribution in [0.4, 0.5) is 5.82 Å². The van der Waals surface area contributed by atoms with E-state index in [1.807, 2.05) is 0 Å². The zero-order valence-corrected chi connectivity index (χ0v) is 11.9. The molecule has 1 aromatic heterocycles. The predicted octanol–water partition coefficient (Wildman–Crippen LogP) is 1.81. The van der Waals surface area contributed by atoms with Crippen LogP contribution in [-0.2, 0) is 6.54 Å². The fourth-order valence-electron chi connectivity index (χ4n) is 1.84. The minimum absolute atomic E-state index is 0.280. The summed E-state index contributed by atoms with van der Waals surface area (Å²) in [5, 5.41) is 2.72. The average Bonchev–Trinajstić information content (AvgIpc) is 2.54. The molecule has 21 heavy (non-hydrogen) atoms. The first kappa shape index (κ1) is 14.8. The summed E-state index contributed by atoms with van der Waals surface area (Å²) in [4.78, 5) is 16.3. The van der Waals surface area contributed by atoms with Crippen molar-refractivity contribution in [3.8, 4) is 11.5 Å². The van der Waals surface area contributed by atoms with Gasteiger partial charge in [-0.3, -0.25) is 4.79 Å². The zero-order chi connectivity index (χ0) is 15.2. The van der Waals surface area contributed by atoms with Crippen molar-refractivity contribution in [3.63, 3.8) is 0 Å². The fraction of sp³-hybridized carbons (Fsp3) is 0.200. The molecule has 0 fully saturated rings. The number of hydrogen-bond donors (Lipinski definition) is 2. The van der Waals surface area contributed by atoms with Gasteiger partial charge in [-0.05, 0) is 35.9 Å². The molecule has 0 radical (unpaired) electrons. The van der Waals surface area contributed by atoms with E-state index >= 15 is 0 Å². The second-order valence-corrected chi connectivity index (χ2v) is 4.28. The quantitative estimate of drug-likeness (QED) is 0.875. The second kappa shape index (κ2) is 6.71. The number of anilines is 1. The molecule has 110 valence electrons. The molecule has 0 unspecified atom stereocenters. The van der Waals surface area contributed by atoms with Crippen LogP contribution in [0.15, 0.2) is 36.5 Å². The molecule has 1 heterocycles. The first-order chi connectivity index (χ1) is 10.2. The van der Waals surface area contributed by atoms with Crippen LogP contribution in [0.25, 0.3) is 0 Å². The lowest BCUT2D eigenvalue weighted by atomic mass is 10.2. The number of carbonyl (C=O) groups excluding carboxylic acids is 1. The van der Waals surface area contributed by atoms with E-state index in [9.17, 15) is 4.79 Å². The smallest absolute Gasteiger partial charge is 0.256 e. The van der Waals surface area contributed by atoms with Gasteiger partial charge in [0.05, 0.1) is 14.2 Å². The largest absolute Gasteiger partial charge is 0.493 e. The van der Waals surface area contributed by atoms with Crippen molar-refractivity contribution in [2.24, 2.45) is 5.73 Å². The molecule has 3 N–H and O–H groups in total. The van der Waals surface area contributed by atoms with E-state index in [2.05, 4.69) is 10.3 Å². The highest BCUT2D eigenvalue weighted by atomic mass is 16.5. The van der Waals surface area contributed by atoms with Crippen LogP contribution in [0.3, 0.4) is 0 Å². The Morgan fingerprint density at radius 2 is 1.95 bits per heavy atom. The molecular formula is C15H17N3O3. The summed E-state index contributed by atoms with van der Waals surface area (Å²) < 4.78 is 10.3. The van der Waals surface area contributed by atoms with E-state index in [1.165, 1.54) is 7.11 Å². The highest BCUT2D eigenvalue weighted by molar-refractivity contribution is 6.04. The summed E-state index contributed by atoms with van der Waals surface area (Å²) in [6, 6.07) is 8.48. The molecule has 0 atom stereocenters. The molecule has 1 aromatic carbocycles. The number of nitrogens with two attached hydrogens (primary N) is 1. The Hall–Kier alpha value is -2.60. The van der Waals surface area contributed by atoms with E-state index in [0.29, 0.717) is 29.4 Å². The highest BCUT2D eigenvalue weighted by Crippen LogP contribution is 2.27. The first-order valence-corrected chi connectivity index (χ1v) is 6.36. The molecule has 6 heteroatoms. The lowest BCUT2D eigenvalue weighted by molar-refractivity contribution is 0.102. The van der Waals surface area contributed by atoms with Gasteiger partial charge in [0.2, 0.25) is 0 Å². The van der Waals surface area contributed by atoms with Gasteiger partial charge in [0.25, 0.3) is 5.91 Å². The van der Waals surface area contributed by atoms with E-state index in [-0.39, 0.29) is 5.91 Å². The summed E-state index contributed by atoms with van der Waals surface area (Å²) in [6.07, 6.45) is 1.60. The van der Waals surface area contributed by atoms with Gasteiger partial charge in [-0.1, -0.05) is 0 Å². The Bertz CT molecular complexity index is 644. The molecule has 0 spiro atoms.